The van der Waals surface area contributed by atoms with E-state index in [9.17, 15) is 13.5 Å². The van der Waals surface area contributed by atoms with Crippen LogP contribution in [0.5, 0.6) is 0 Å². The lowest BCUT2D eigenvalue weighted by molar-refractivity contribution is 0.0269. The number of aliphatic hydroxyl groups is 1. The molecule has 0 amide bonds. The van der Waals surface area contributed by atoms with Crippen molar-refractivity contribution in [1.29, 1.82) is 0 Å². The fourth-order valence-electron chi connectivity index (χ4n) is 3.09. The number of benzene rings is 2. The van der Waals surface area contributed by atoms with Crippen molar-refractivity contribution in [2.24, 2.45) is 0 Å². The second-order valence-electron chi connectivity index (χ2n) is 5.92. The van der Waals surface area contributed by atoms with Gasteiger partial charge < -0.3 is 14.3 Å². The molecular weight excluding hydrogens is 342 g/mol. The first-order chi connectivity index (χ1) is 12.1. The Labute approximate surface area is 145 Å². The number of furan rings is 1. The highest BCUT2D eigenvalue weighted by molar-refractivity contribution is 7.93. The van der Waals surface area contributed by atoms with Gasteiger partial charge >= 0.3 is 0 Å². The highest BCUT2D eigenvalue weighted by Gasteiger charge is 2.36. The van der Waals surface area contributed by atoms with Crippen LogP contribution in [0.2, 0.25) is 0 Å². The van der Waals surface area contributed by atoms with Crippen molar-refractivity contribution in [3.63, 3.8) is 0 Å². The molecule has 0 radical (unpaired) electrons. The van der Waals surface area contributed by atoms with Gasteiger partial charge in [-0.05, 0) is 29.7 Å². The van der Waals surface area contributed by atoms with Gasteiger partial charge in [0.25, 0.3) is 10.0 Å². The van der Waals surface area contributed by atoms with E-state index in [1.165, 1.54) is 4.31 Å². The monoisotopic (exact) mass is 359 g/mol. The maximum Gasteiger partial charge on any atom is 0.265 e. The molecule has 0 saturated heterocycles. The van der Waals surface area contributed by atoms with Crippen LogP contribution in [0, 0.1) is 0 Å². The molecule has 1 unspecified atom stereocenters. The molecule has 7 heteroatoms. The van der Waals surface area contributed by atoms with Crippen molar-refractivity contribution in [3.05, 3.63) is 60.6 Å². The van der Waals surface area contributed by atoms with Crippen molar-refractivity contribution in [2.45, 2.75) is 17.6 Å². The first kappa shape index (κ1) is 16.1. The van der Waals surface area contributed by atoms with Crippen LogP contribution >= 0.6 is 0 Å². The van der Waals surface area contributed by atoms with Gasteiger partial charge in [-0.3, -0.25) is 4.31 Å². The molecule has 0 spiro atoms. The van der Waals surface area contributed by atoms with Gasteiger partial charge in [0.15, 0.2) is 0 Å². The van der Waals surface area contributed by atoms with Crippen LogP contribution in [0.1, 0.15) is 5.76 Å². The summed E-state index contributed by atoms with van der Waals surface area (Å²) in [6.07, 6.45) is 0.596. The highest BCUT2D eigenvalue weighted by Crippen LogP contribution is 2.41. The van der Waals surface area contributed by atoms with Crippen molar-refractivity contribution in [2.75, 3.05) is 17.5 Å². The number of nitrogens with zero attached hydrogens (tertiary/aromatic N) is 1. The summed E-state index contributed by atoms with van der Waals surface area (Å²) in [7, 11) is -3.66. The summed E-state index contributed by atoms with van der Waals surface area (Å²) in [4.78, 5) is 0.282. The Hall–Kier alpha value is -2.35. The van der Waals surface area contributed by atoms with Crippen molar-refractivity contribution in [1.82, 2.24) is 0 Å². The van der Waals surface area contributed by atoms with E-state index in [1.54, 1.807) is 36.6 Å². The Kier molecular flexibility index (Phi) is 3.99. The van der Waals surface area contributed by atoms with Crippen LogP contribution in [-0.2, 0) is 21.4 Å². The maximum atomic E-state index is 12.8. The Balaban J connectivity index is 1.52. The van der Waals surface area contributed by atoms with Gasteiger partial charge in [0.2, 0.25) is 0 Å². The minimum atomic E-state index is -3.66. The average Bonchev–Trinajstić information content (AvgIpc) is 3.18. The normalized spacial score (nSPS) is 16.4. The Morgan fingerprint density at radius 2 is 1.92 bits per heavy atom. The average molecular weight is 359 g/mol. The van der Waals surface area contributed by atoms with Crippen LogP contribution in [0.25, 0.3) is 10.8 Å². The molecule has 0 fully saturated rings. The molecule has 0 aliphatic carbocycles. The van der Waals surface area contributed by atoms with Gasteiger partial charge in [-0.1, -0.05) is 24.3 Å². The largest absolute Gasteiger partial charge is 0.467 e. The van der Waals surface area contributed by atoms with E-state index in [0.717, 1.165) is 5.39 Å². The van der Waals surface area contributed by atoms with Crippen LogP contribution in [-0.4, -0.2) is 32.8 Å². The number of anilines is 1. The van der Waals surface area contributed by atoms with Crippen LogP contribution in [0.3, 0.4) is 0 Å². The summed E-state index contributed by atoms with van der Waals surface area (Å²) in [5.41, 5.74) is 0.596. The second-order valence-corrected chi connectivity index (χ2v) is 7.75. The summed E-state index contributed by atoms with van der Waals surface area (Å²) >= 11 is 0. The molecule has 2 aromatic carbocycles. The van der Waals surface area contributed by atoms with Crippen LogP contribution in [0.4, 0.5) is 5.69 Å². The summed E-state index contributed by atoms with van der Waals surface area (Å²) in [6.45, 7) is 0.180. The molecule has 0 saturated carbocycles. The third kappa shape index (κ3) is 2.80. The maximum absolute atomic E-state index is 12.8. The Morgan fingerprint density at radius 1 is 1.12 bits per heavy atom. The van der Waals surface area contributed by atoms with E-state index in [1.807, 2.05) is 18.2 Å². The molecule has 1 aliphatic rings. The fourth-order valence-corrected chi connectivity index (χ4v) is 4.84. The molecule has 4 rings (SSSR count). The number of aliphatic hydroxyl groups excluding tert-OH is 1. The lowest BCUT2D eigenvalue weighted by atomic mass is 10.1. The number of sulfonamides is 1. The van der Waals surface area contributed by atoms with Gasteiger partial charge in [-0.2, -0.15) is 0 Å². The minimum Gasteiger partial charge on any atom is -0.467 e. The molecule has 1 aromatic heterocycles. The second kappa shape index (κ2) is 6.18. The molecule has 1 atom stereocenters. The van der Waals surface area contributed by atoms with Crippen molar-refractivity contribution in [3.8, 4) is 0 Å². The van der Waals surface area contributed by atoms with Crippen LogP contribution in [0.15, 0.2) is 64.1 Å². The van der Waals surface area contributed by atoms with Crippen LogP contribution < -0.4 is 4.31 Å². The predicted molar refractivity (Wildman–Crippen MR) is 92.9 cm³/mol. The van der Waals surface area contributed by atoms with Crippen molar-refractivity contribution < 1.29 is 22.7 Å². The van der Waals surface area contributed by atoms with E-state index in [0.29, 0.717) is 16.8 Å². The minimum absolute atomic E-state index is 0.0129. The number of hydrogen-bond donors (Lipinski definition) is 1. The number of ether oxygens (including phenoxy) is 1. The highest BCUT2D eigenvalue weighted by atomic mass is 32.2. The van der Waals surface area contributed by atoms with Gasteiger partial charge in [-0.15, -0.1) is 0 Å². The molecular formula is C18H17NO5S. The zero-order valence-electron chi connectivity index (χ0n) is 13.3. The zero-order valence-corrected chi connectivity index (χ0v) is 14.1. The van der Waals surface area contributed by atoms with Gasteiger partial charge in [0, 0.05) is 5.39 Å². The number of hydrogen-bond acceptors (Lipinski definition) is 5. The summed E-state index contributed by atoms with van der Waals surface area (Å²) in [6, 6.07) is 14.2. The molecule has 0 bridgehead atoms. The van der Waals surface area contributed by atoms with E-state index < -0.39 is 16.1 Å². The molecule has 130 valence electrons. The Bertz CT molecular complexity index is 992. The van der Waals surface area contributed by atoms with E-state index in [2.05, 4.69) is 0 Å². The van der Waals surface area contributed by atoms with Gasteiger partial charge in [0.05, 0.1) is 36.1 Å². The molecule has 25 heavy (non-hydrogen) atoms. The van der Waals surface area contributed by atoms with Gasteiger partial charge in [0.1, 0.15) is 12.4 Å². The van der Waals surface area contributed by atoms with Gasteiger partial charge in [-0.25, -0.2) is 8.42 Å². The summed E-state index contributed by atoms with van der Waals surface area (Å²) in [5.74, 6) is 0.651. The first-order valence-corrected chi connectivity index (χ1v) is 9.34. The molecule has 6 nitrogen and oxygen atoms in total. The number of rotatable bonds is 6. The smallest absolute Gasteiger partial charge is 0.265 e. The topological polar surface area (TPSA) is 80.0 Å². The standard InChI is InChI=1S/C18H17NO5S/c20-14(11-23-12-15-6-3-9-24-15)10-19-16-7-1-4-13-5-2-8-17(18(13)16)25(19,21)22/h1-9,14,20H,10-12H2. The predicted octanol–water partition coefficient (Wildman–Crippen LogP) is 2.52. The molecule has 3 aromatic rings. The number of β-amino-alcohol motifs (C(OH)–C–C–N with tert-alkyl or cyclic N) is 1. The summed E-state index contributed by atoms with van der Waals surface area (Å²) < 4.78 is 37.4. The van der Waals surface area contributed by atoms with Crippen molar-refractivity contribution >= 4 is 26.5 Å². The lowest BCUT2D eigenvalue weighted by Gasteiger charge is -2.22. The fraction of sp³-hybridized carbons (Fsp3) is 0.222. The van der Waals surface area contributed by atoms with E-state index >= 15 is 0 Å². The molecule has 1 aliphatic heterocycles. The molecule has 2 heterocycles. The summed E-state index contributed by atoms with van der Waals surface area (Å²) in [5, 5.41) is 11.8. The lowest BCUT2D eigenvalue weighted by Crippen LogP contribution is -2.37. The van der Waals surface area contributed by atoms with E-state index in [4.69, 9.17) is 9.15 Å². The zero-order chi connectivity index (χ0) is 17.4. The third-order valence-electron chi connectivity index (χ3n) is 4.19. The third-order valence-corrected chi connectivity index (χ3v) is 6.01. The van der Waals surface area contributed by atoms with E-state index in [-0.39, 0.29) is 24.7 Å². The molecule has 1 N–H and O–H groups in total. The SMILES string of the molecule is O=S1(=O)c2cccc3cccc(c23)N1CC(O)COCc1ccco1. The Morgan fingerprint density at radius 3 is 2.68 bits per heavy atom. The quantitative estimate of drug-likeness (QED) is 0.731. The first-order valence-electron chi connectivity index (χ1n) is 7.90.